The summed E-state index contributed by atoms with van der Waals surface area (Å²) >= 11 is 0. The van der Waals surface area contributed by atoms with Crippen LogP contribution in [0.2, 0.25) is 0 Å². The molecule has 1 aromatic carbocycles. The third kappa shape index (κ3) is 2.35. The van der Waals surface area contributed by atoms with Crippen molar-refractivity contribution in [1.82, 2.24) is 0 Å². The molecule has 0 aliphatic rings. The number of benzene rings is 1. The minimum absolute atomic E-state index is 0.0938. The lowest BCUT2D eigenvalue weighted by molar-refractivity contribution is -0.112. The fourth-order valence-corrected chi connectivity index (χ4v) is 1.09. The number of allylic oxidation sites excluding steroid dienone is 2. The molecule has 1 nitrogen and oxygen atoms in total. The van der Waals surface area contributed by atoms with Gasteiger partial charge in [-0.05, 0) is 31.1 Å². The molecule has 0 aromatic heterocycles. The van der Waals surface area contributed by atoms with Crippen molar-refractivity contribution in [3.05, 3.63) is 42.0 Å². The van der Waals surface area contributed by atoms with E-state index in [4.69, 9.17) is 0 Å². The van der Waals surface area contributed by atoms with Gasteiger partial charge in [-0.1, -0.05) is 30.3 Å². The largest absolute Gasteiger partial charge is 0.295 e. The molecule has 0 spiro atoms. The van der Waals surface area contributed by atoms with Crippen LogP contribution < -0.4 is 0 Å². The zero-order valence-electron chi connectivity index (χ0n) is 7.37. The van der Waals surface area contributed by atoms with Gasteiger partial charge in [0.25, 0.3) is 0 Å². The van der Waals surface area contributed by atoms with Crippen molar-refractivity contribution in [2.45, 2.75) is 13.8 Å². The first-order chi connectivity index (χ1) is 5.70. The Labute approximate surface area is 72.7 Å². The molecule has 62 valence electrons. The maximum atomic E-state index is 10.8. The molecule has 0 amide bonds. The van der Waals surface area contributed by atoms with Gasteiger partial charge in [0.1, 0.15) is 0 Å². The van der Waals surface area contributed by atoms with E-state index in [2.05, 4.69) is 0 Å². The minimum atomic E-state index is 0.0938. The Morgan fingerprint density at radius 3 is 2.25 bits per heavy atom. The Morgan fingerprint density at radius 2 is 1.75 bits per heavy atom. The van der Waals surface area contributed by atoms with Gasteiger partial charge in [0.2, 0.25) is 0 Å². The van der Waals surface area contributed by atoms with Gasteiger partial charge in [-0.3, -0.25) is 4.79 Å². The zero-order valence-corrected chi connectivity index (χ0v) is 7.37. The van der Waals surface area contributed by atoms with Crippen LogP contribution in [0.25, 0.3) is 5.57 Å². The van der Waals surface area contributed by atoms with Crippen LogP contribution in [0.4, 0.5) is 0 Å². The summed E-state index contributed by atoms with van der Waals surface area (Å²) in [6.45, 7) is 3.50. The highest BCUT2D eigenvalue weighted by Gasteiger charge is 1.94. The molecule has 0 N–H and O–H groups in total. The summed E-state index contributed by atoms with van der Waals surface area (Å²) in [5.74, 6) is 0.0938. The predicted octanol–water partition coefficient (Wildman–Crippen LogP) is 2.68. The number of hydrogen-bond acceptors (Lipinski definition) is 1. The molecule has 1 aromatic rings. The van der Waals surface area contributed by atoms with E-state index in [1.165, 1.54) is 0 Å². The first-order valence-electron chi connectivity index (χ1n) is 3.94. The lowest BCUT2D eigenvalue weighted by Crippen LogP contribution is -1.85. The standard InChI is InChI=1S/C11H12O/c1-9(8-10(2)12)11-6-4-3-5-7-11/h3-8H,1-2H3. The maximum Gasteiger partial charge on any atom is 0.152 e. The molecule has 0 bridgehead atoms. The van der Waals surface area contributed by atoms with Crippen molar-refractivity contribution in [3.8, 4) is 0 Å². The van der Waals surface area contributed by atoms with Crippen LogP contribution in [0, 0.1) is 0 Å². The van der Waals surface area contributed by atoms with Crippen LogP contribution in [-0.4, -0.2) is 5.78 Å². The topological polar surface area (TPSA) is 17.1 Å². The number of carbonyl (C=O) groups is 1. The quantitative estimate of drug-likeness (QED) is 0.608. The predicted molar refractivity (Wildman–Crippen MR) is 50.8 cm³/mol. The van der Waals surface area contributed by atoms with Crippen LogP contribution in [0.1, 0.15) is 19.4 Å². The second-order valence-corrected chi connectivity index (χ2v) is 2.80. The van der Waals surface area contributed by atoms with Gasteiger partial charge in [0.15, 0.2) is 5.78 Å². The molecule has 0 aliphatic carbocycles. The molecular weight excluding hydrogens is 148 g/mol. The fraction of sp³-hybridized carbons (Fsp3) is 0.182. The second kappa shape index (κ2) is 3.86. The summed E-state index contributed by atoms with van der Waals surface area (Å²) < 4.78 is 0. The summed E-state index contributed by atoms with van der Waals surface area (Å²) in [5.41, 5.74) is 2.12. The summed E-state index contributed by atoms with van der Waals surface area (Å²) in [7, 11) is 0. The van der Waals surface area contributed by atoms with E-state index in [9.17, 15) is 4.79 Å². The van der Waals surface area contributed by atoms with Gasteiger partial charge in [-0.15, -0.1) is 0 Å². The molecule has 0 heterocycles. The molecule has 0 fully saturated rings. The van der Waals surface area contributed by atoms with Crippen LogP contribution in [0.15, 0.2) is 36.4 Å². The van der Waals surface area contributed by atoms with E-state index < -0.39 is 0 Å². The number of hydrogen-bond donors (Lipinski definition) is 0. The Hall–Kier alpha value is -1.37. The number of carbonyl (C=O) groups excluding carboxylic acids is 1. The molecule has 1 rings (SSSR count). The molecular formula is C11H12O. The molecule has 1 heteroatoms. The maximum absolute atomic E-state index is 10.8. The summed E-state index contributed by atoms with van der Waals surface area (Å²) in [4.78, 5) is 10.8. The molecule has 0 saturated carbocycles. The number of ketones is 1. The highest BCUT2D eigenvalue weighted by molar-refractivity contribution is 5.94. The van der Waals surface area contributed by atoms with Crippen LogP contribution in [0.5, 0.6) is 0 Å². The van der Waals surface area contributed by atoms with E-state index in [-0.39, 0.29) is 5.78 Å². The molecule has 12 heavy (non-hydrogen) atoms. The van der Waals surface area contributed by atoms with Gasteiger partial charge in [0.05, 0.1) is 0 Å². The van der Waals surface area contributed by atoms with E-state index in [1.54, 1.807) is 13.0 Å². The van der Waals surface area contributed by atoms with E-state index in [0.717, 1.165) is 11.1 Å². The van der Waals surface area contributed by atoms with Crippen molar-refractivity contribution in [3.63, 3.8) is 0 Å². The summed E-state index contributed by atoms with van der Waals surface area (Å²) in [6, 6.07) is 9.88. The van der Waals surface area contributed by atoms with Crippen LogP contribution in [-0.2, 0) is 4.79 Å². The third-order valence-electron chi connectivity index (χ3n) is 1.65. The summed E-state index contributed by atoms with van der Waals surface area (Å²) in [6.07, 6.45) is 1.65. The highest BCUT2D eigenvalue weighted by atomic mass is 16.1. The molecule has 0 aliphatic heterocycles. The Bertz CT molecular complexity index is 296. The van der Waals surface area contributed by atoms with Gasteiger partial charge in [0, 0.05) is 0 Å². The number of rotatable bonds is 2. The highest BCUT2D eigenvalue weighted by Crippen LogP contribution is 2.11. The monoisotopic (exact) mass is 160 g/mol. The lowest BCUT2D eigenvalue weighted by Gasteiger charge is -1.98. The zero-order chi connectivity index (χ0) is 8.97. The van der Waals surface area contributed by atoms with E-state index in [0.29, 0.717) is 0 Å². The van der Waals surface area contributed by atoms with E-state index in [1.807, 2.05) is 37.3 Å². The van der Waals surface area contributed by atoms with Crippen molar-refractivity contribution >= 4 is 11.4 Å². The minimum Gasteiger partial charge on any atom is -0.295 e. The Balaban J connectivity index is 2.93. The molecule has 0 unspecified atom stereocenters. The Kier molecular flexibility index (Phi) is 2.81. The van der Waals surface area contributed by atoms with Gasteiger partial charge < -0.3 is 0 Å². The van der Waals surface area contributed by atoms with Crippen LogP contribution in [0.3, 0.4) is 0 Å². The smallest absolute Gasteiger partial charge is 0.152 e. The first-order valence-corrected chi connectivity index (χ1v) is 3.94. The molecule has 0 saturated heterocycles. The van der Waals surface area contributed by atoms with Crippen molar-refractivity contribution in [2.75, 3.05) is 0 Å². The normalized spacial score (nSPS) is 11.3. The van der Waals surface area contributed by atoms with Crippen molar-refractivity contribution in [1.29, 1.82) is 0 Å². The van der Waals surface area contributed by atoms with Gasteiger partial charge >= 0.3 is 0 Å². The third-order valence-corrected chi connectivity index (χ3v) is 1.65. The molecule has 0 radical (unpaired) electrons. The second-order valence-electron chi connectivity index (χ2n) is 2.80. The fourth-order valence-electron chi connectivity index (χ4n) is 1.09. The Morgan fingerprint density at radius 1 is 1.17 bits per heavy atom. The van der Waals surface area contributed by atoms with Crippen molar-refractivity contribution < 1.29 is 4.79 Å². The molecule has 0 atom stereocenters. The average Bonchev–Trinajstić information content (AvgIpc) is 2.05. The van der Waals surface area contributed by atoms with Gasteiger partial charge in [-0.25, -0.2) is 0 Å². The SMILES string of the molecule is CC(=O)C=C(C)c1ccccc1. The van der Waals surface area contributed by atoms with Gasteiger partial charge in [-0.2, -0.15) is 0 Å². The average molecular weight is 160 g/mol. The lowest BCUT2D eigenvalue weighted by atomic mass is 10.1. The summed E-state index contributed by atoms with van der Waals surface area (Å²) in [5, 5.41) is 0. The van der Waals surface area contributed by atoms with Crippen LogP contribution >= 0.6 is 0 Å². The van der Waals surface area contributed by atoms with E-state index >= 15 is 0 Å². The van der Waals surface area contributed by atoms with Crippen molar-refractivity contribution in [2.24, 2.45) is 0 Å². The first kappa shape index (κ1) is 8.72.